The number of anilines is 1. The van der Waals surface area contributed by atoms with E-state index in [1.54, 1.807) is 24.3 Å². The minimum absolute atomic E-state index is 0.0667. The summed E-state index contributed by atoms with van der Waals surface area (Å²) in [6, 6.07) is 11.1. The van der Waals surface area contributed by atoms with Gasteiger partial charge < -0.3 is 5.32 Å². The van der Waals surface area contributed by atoms with Crippen LogP contribution in [0.4, 0.5) is 18.9 Å². The number of hydrogen-bond acceptors (Lipinski definition) is 4. The minimum atomic E-state index is -4.70. The van der Waals surface area contributed by atoms with Crippen LogP contribution in [-0.4, -0.2) is 24.1 Å². The van der Waals surface area contributed by atoms with Gasteiger partial charge in [0, 0.05) is 23.3 Å². The third kappa shape index (κ3) is 5.24. The van der Waals surface area contributed by atoms with Crippen molar-refractivity contribution in [1.29, 1.82) is 0 Å². The molecule has 0 radical (unpaired) electrons. The first-order valence-corrected chi connectivity index (χ1v) is 10.6. The zero-order valence-electron chi connectivity index (χ0n) is 15.9. The zero-order valence-corrected chi connectivity index (χ0v) is 17.5. The number of alkyl halides is 3. The second kappa shape index (κ2) is 8.33. The average Bonchev–Trinajstić information content (AvgIpc) is 3.05. The number of benzene rings is 2. The van der Waals surface area contributed by atoms with Gasteiger partial charge in [0.1, 0.15) is 0 Å². The quantitative estimate of drug-likeness (QED) is 0.591. The van der Waals surface area contributed by atoms with Crippen molar-refractivity contribution in [1.82, 2.24) is 9.78 Å². The molecule has 3 N–H and O–H groups in total. The highest BCUT2D eigenvalue weighted by molar-refractivity contribution is 7.89. The summed E-state index contributed by atoms with van der Waals surface area (Å²) in [6.45, 7) is 0. The lowest BCUT2D eigenvalue weighted by Gasteiger charge is -2.12. The van der Waals surface area contributed by atoms with Crippen molar-refractivity contribution in [3.63, 3.8) is 0 Å². The first kappa shape index (κ1) is 22.8. The first-order chi connectivity index (χ1) is 14.4. The van der Waals surface area contributed by atoms with E-state index in [9.17, 15) is 26.4 Å². The van der Waals surface area contributed by atoms with Crippen LogP contribution in [0, 0.1) is 0 Å². The van der Waals surface area contributed by atoms with Gasteiger partial charge >= 0.3 is 6.18 Å². The van der Waals surface area contributed by atoms with Gasteiger partial charge in [-0.25, -0.2) is 13.6 Å². The Morgan fingerprint density at radius 3 is 2.45 bits per heavy atom. The average molecular weight is 473 g/mol. The summed E-state index contributed by atoms with van der Waals surface area (Å²) in [4.78, 5) is 11.9. The normalized spacial score (nSPS) is 12.1. The van der Waals surface area contributed by atoms with E-state index in [-0.39, 0.29) is 23.4 Å². The smallest absolute Gasteiger partial charge is 0.326 e. The Morgan fingerprint density at radius 2 is 1.87 bits per heavy atom. The molecule has 0 unspecified atom stereocenters. The van der Waals surface area contributed by atoms with Crippen LogP contribution in [0.5, 0.6) is 0 Å². The van der Waals surface area contributed by atoms with Gasteiger partial charge in [-0.15, -0.1) is 0 Å². The highest BCUT2D eigenvalue weighted by atomic mass is 35.5. The molecule has 164 valence electrons. The van der Waals surface area contributed by atoms with Crippen molar-refractivity contribution in [3.8, 4) is 11.3 Å². The molecule has 1 heterocycles. The lowest BCUT2D eigenvalue weighted by atomic mass is 10.1. The lowest BCUT2D eigenvalue weighted by molar-refractivity contribution is -0.141. The Labute approximate surface area is 180 Å². The van der Waals surface area contributed by atoms with E-state index in [0.717, 1.165) is 16.8 Å². The maximum Gasteiger partial charge on any atom is 0.435 e. The van der Waals surface area contributed by atoms with Crippen LogP contribution in [0.3, 0.4) is 0 Å². The fourth-order valence-corrected chi connectivity index (χ4v) is 3.90. The summed E-state index contributed by atoms with van der Waals surface area (Å²) in [6.07, 6.45) is -4.77. The topological polar surface area (TPSA) is 107 Å². The number of aromatic nitrogens is 2. The van der Waals surface area contributed by atoms with Crippen LogP contribution in [-0.2, 0) is 34.5 Å². The van der Waals surface area contributed by atoms with Crippen LogP contribution in [0.2, 0.25) is 5.02 Å². The number of amides is 1. The SMILES string of the molecule is Cn1nc(C(F)(F)F)cc1-c1ccc(NC(=O)Cc2ccccc2Cl)cc1S(N)(=O)=O. The van der Waals surface area contributed by atoms with Crippen LogP contribution in [0.1, 0.15) is 11.3 Å². The van der Waals surface area contributed by atoms with Gasteiger partial charge in [-0.2, -0.15) is 18.3 Å². The molecule has 0 bridgehead atoms. The van der Waals surface area contributed by atoms with E-state index in [1.165, 1.54) is 19.2 Å². The number of sulfonamides is 1. The van der Waals surface area contributed by atoms with Gasteiger partial charge in [0.2, 0.25) is 15.9 Å². The molecule has 0 aliphatic heterocycles. The molecular weight excluding hydrogens is 457 g/mol. The fraction of sp³-hybridized carbons (Fsp3) is 0.158. The van der Waals surface area contributed by atoms with Crippen LogP contribution in [0.15, 0.2) is 53.4 Å². The second-order valence-corrected chi connectivity index (χ2v) is 8.55. The number of carbonyl (C=O) groups excluding carboxylic acids is 1. The van der Waals surface area contributed by atoms with Crippen LogP contribution in [0.25, 0.3) is 11.3 Å². The predicted octanol–water partition coefficient (Wildman–Crippen LogP) is 3.59. The zero-order chi connectivity index (χ0) is 23.0. The third-order valence-electron chi connectivity index (χ3n) is 4.33. The lowest BCUT2D eigenvalue weighted by Crippen LogP contribution is -2.17. The molecule has 0 saturated carbocycles. The Hall–Kier alpha value is -2.89. The summed E-state index contributed by atoms with van der Waals surface area (Å²) in [5.41, 5.74) is -0.701. The largest absolute Gasteiger partial charge is 0.435 e. The monoisotopic (exact) mass is 472 g/mol. The molecule has 7 nitrogen and oxygen atoms in total. The number of hydrogen-bond donors (Lipinski definition) is 2. The van der Waals surface area contributed by atoms with Crippen molar-refractivity contribution in [3.05, 3.63) is 64.8 Å². The molecule has 31 heavy (non-hydrogen) atoms. The number of aryl methyl sites for hydroxylation is 1. The molecule has 1 aromatic heterocycles. The van der Waals surface area contributed by atoms with E-state index in [1.807, 2.05) is 0 Å². The highest BCUT2D eigenvalue weighted by Gasteiger charge is 2.35. The maximum absolute atomic E-state index is 13.0. The van der Waals surface area contributed by atoms with Gasteiger partial charge in [-0.1, -0.05) is 29.8 Å². The van der Waals surface area contributed by atoms with Gasteiger partial charge in [0.15, 0.2) is 5.69 Å². The van der Waals surface area contributed by atoms with Gasteiger partial charge in [0.05, 0.1) is 17.0 Å². The summed E-state index contributed by atoms with van der Waals surface area (Å²) in [5.74, 6) is -0.471. The fourth-order valence-electron chi connectivity index (χ4n) is 2.92. The van der Waals surface area contributed by atoms with E-state index >= 15 is 0 Å². The Balaban J connectivity index is 1.96. The number of halogens is 4. The molecule has 1 amide bonds. The van der Waals surface area contributed by atoms with Crippen LogP contribution >= 0.6 is 11.6 Å². The highest BCUT2D eigenvalue weighted by Crippen LogP contribution is 2.34. The van der Waals surface area contributed by atoms with Gasteiger partial charge in [0.25, 0.3) is 0 Å². The molecule has 3 rings (SSSR count). The molecule has 3 aromatic rings. The molecular formula is C19H16ClF3N4O3S. The Kier molecular flexibility index (Phi) is 6.12. The molecule has 0 aliphatic rings. The molecule has 0 fully saturated rings. The molecule has 0 aliphatic carbocycles. The summed E-state index contributed by atoms with van der Waals surface area (Å²) < 4.78 is 64.0. The summed E-state index contributed by atoms with van der Waals surface area (Å²) in [5, 5.41) is 11.6. The summed E-state index contributed by atoms with van der Waals surface area (Å²) in [7, 11) is -3.10. The van der Waals surface area contributed by atoms with E-state index < -0.39 is 32.7 Å². The van der Waals surface area contributed by atoms with E-state index in [4.69, 9.17) is 16.7 Å². The number of nitrogens with two attached hydrogens (primary N) is 1. The van der Waals surface area contributed by atoms with Crippen LogP contribution < -0.4 is 10.5 Å². The number of nitrogens with one attached hydrogen (secondary N) is 1. The van der Waals surface area contributed by atoms with Crippen molar-refractivity contribution in [2.75, 3.05) is 5.32 Å². The van der Waals surface area contributed by atoms with E-state index in [2.05, 4.69) is 10.4 Å². The Morgan fingerprint density at radius 1 is 1.19 bits per heavy atom. The molecule has 12 heteroatoms. The maximum atomic E-state index is 13.0. The van der Waals surface area contributed by atoms with Gasteiger partial charge in [-0.3, -0.25) is 9.48 Å². The third-order valence-corrected chi connectivity index (χ3v) is 5.65. The Bertz CT molecular complexity index is 1260. The molecule has 2 aromatic carbocycles. The van der Waals surface area contributed by atoms with Crippen molar-refractivity contribution in [2.24, 2.45) is 12.2 Å². The number of rotatable bonds is 5. The standard InChI is InChI=1S/C19H16ClF3N4O3S/c1-27-15(10-17(26-27)19(21,22)23)13-7-6-12(9-16(13)31(24,29)30)25-18(28)8-11-4-2-3-5-14(11)20/h2-7,9-10H,8H2,1H3,(H,25,28)(H2,24,29,30). The van der Waals surface area contributed by atoms with E-state index in [0.29, 0.717) is 10.6 Å². The number of nitrogens with zero attached hydrogens (tertiary/aromatic N) is 2. The van der Waals surface area contributed by atoms with Crippen molar-refractivity contribution >= 4 is 33.2 Å². The van der Waals surface area contributed by atoms with Gasteiger partial charge in [-0.05, 0) is 35.9 Å². The summed E-state index contributed by atoms with van der Waals surface area (Å²) >= 11 is 6.03. The number of carbonyl (C=O) groups is 1. The molecule has 0 spiro atoms. The molecule has 0 atom stereocenters. The minimum Gasteiger partial charge on any atom is -0.326 e. The van der Waals surface area contributed by atoms with Crippen molar-refractivity contribution < 1.29 is 26.4 Å². The predicted molar refractivity (Wildman–Crippen MR) is 109 cm³/mol. The van der Waals surface area contributed by atoms with Crippen molar-refractivity contribution in [2.45, 2.75) is 17.5 Å². The molecule has 0 saturated heterocycles. The number of primary sulfonamides is 1. The second-order valence-electron chi connectivity index (χ2n) is 6.61. The first-order valence-electron chi connectivity index (χ1n) is 8.68.